The van der Waals surface area contributed by atoms with Crippen LogP contribution >= 0.6 is 11.6 Å². The zero-order valence-corrected chi connectivity index (χ0v) is 22.3. The number of carbonyl (C=O) groups is 3. The number of nitrogens with one attached hydrogen (secondary N) is 4. The van der Waals surface area contributed by atoms with Gasteiger partial charge in [-0.1, -0.05) is 23.7 Å². The van der Waals surface area contributed by atoms with E-state index in [-0.39, 0.29) is 11.9 Å². The van der Waals surface area contributed by atoms with Crippen LogP contribution in [-0.4, -0.2) is 63.2 Å². The highest BCUT2D eigenvalue weighted by molar-refractivity contribution is 6.34. The lowest BCUT2D eigenvalue weighted by Gasteiger charge is -2.19. The fourth-order valence-electron chi connectivity index (χ4n) is 3.74. The van der Waals surface area contributed by atoms with E-state index in [1.165, 1.54) is 24.3 Å². The Morgan fingerprint density at radius 1 is 1.00 bits per heavy atom. The number of aliphatic carboxylic acids is 1. The van der Waals surface area contributed by atoms with Crippen molar-refractivity contribution in [1.29, 1.82) is 0 Å². The molecular formula is C25H24ClF3N8O5. The first-order valence-electron chi connectivity index (χ1n) is 12.3. The molecule has 17 heteroatoms. The fourth-order valence-corrected chi connectivity index (χ4v) is 3.86. The molecule has 1 saturated carbocycles. The second-order valence-electron chi connectivity index (χ2n) is 9.19. The Morgan fingerprint density at radius 3 is 2.19 bits per heavy atom. The van der Waals surface area contributed by atoms with Crippen molar-refractivity contribution in [3.8, 4) is 6.01 Å². The third kappa shape index (κ3) is 8.33. The van der Waals surface area contributed by atoms with Crippen LogP contribution in [0.5, 0.6) is 6.01 Å². The van der Waals surface area contributed by atoms with Gasteiger partial charge in [-0.25, -0.2) is 4.79 Å². The molecule has 0 spiro atoms. The molecule has 0 radical (unpaired) electrons. The zero-order valence-electron chi connectivity index (χ0n) is 21.5. The highest BCUT2D eigenvalue weighted by atomic mass is 35.5. The van der Waals surface area contributed by atoms with E-state index >= 15 is 0 Å². The first-order valence-corrected chi connectivity index (χ1v) is 12.6. The monoisotopic (exact) mass is 608 g/mol. The van der Waals surface area contributed by atoms with Crippen molar-refractivity contribution < 1.29 is 37.4 Å². The number of rotatable bonds is 12. The van der Waals surface area contributed by atoms with Crippen molar-refractivity contribution in [2.45, 2.75) is 30.6 Å². The molecule has 13 nitrogen and oxygen atoms in total. The molecule has 2 amide bonds. The molecule has 4 rings (SSSR count). The number of hydrogen-bond donors (Lipinski definition) is 6. The molecule has 42 heavy (non-hydrogen) atoms. The van der Waals surface area contributed by atoms with Gasteiger partial charge in [0, 0.05) is 22.9 Å². The number of carboxylic acids is 1. The lowest BCUT2D eigenvalue weighted by Crippen LogP contribution is -2.45. The first kappa shape index (κ1) is 30.1. The molecule has 7 N–H and O–H groups in total. The Bertz CT molecular complexity index is 1450. The zero-order chi connectivity index (χ0) is 30.5. The normalized spacial score (nSPS) is 14.3. The molecule has 1 atom stereocenters. The minimum Gasteiger partial charge on any atom is -0.480 e. The van der Waals surface area contributed by atoms with Crippen LogP contribution in [0.3, 0.4) is 0 Å². The van der Waals surface area contributed by atoms with Gasteiger partial charge < -0.3 is 36.8 Å². The smallest absolute Gasteiger partial charge is 0.422 e. The predicted octanol–water partition coefficient (Wildman–Crippen LogP) is 2.78. The number of carbonyl (C=O) groups excluding carboxylic acids is 2. The van der Waals surface area contributed by atoms with E-state index in [2.05, 4.69) is 36.2 Å². The number of ether oxygens (including phenoxy) is 1. The molecule has 1 fully saturated rings. The minimum absolute atomic E-state index is 0.0160. The number of benzene rings is 2. The number of amides is 2. The predicted molar refractivity (Wildman–Crippen MR) is 144 cm³/mol. The number of nitrogens with zero attached hydrogens (tertiary/aromatic N) is 3. The number of carboxylic acid groups (broad SMARTS) is 1. The van der Waals surface area contributed by atoms with Crippen LogP contribution in [-0.2, 0) is 19.9 Å². The Hall–Kier alpha value is -4.86. The molecule has 1 unspecified atom stereocenters. The van der Waals surface area contributed by atoms with E-state index in [1.54, 1.807) is 12.1 Å². The van der Waals surface area contributed by atoms with Crippen LogP contribution < -0.4 is 31.7 Å². The number of nitrogens with two attached hydrogens (primary N) is 1. The van der Waals surface area contributed by atoms with Crippen LogP contribution in [0.2, 0.25) is 5.02 Å². The molecule has 2 aromatic carbocycles. The van der Waals surface area contributed by atoms with Gasteiger partial charge in [0.25, 0.3) is 0 Å². The van der Waals surface area contributed by atoms with E-state index in [9.17, 15) is 32.7 Å². The summed E-state index contributed by atoms with van der Waals surface area (Å²) in [5.41, 5.74) is 5.95. The van der Waals surface area contributed by atoms with Gasteiger partial charge in [-0.2, -0.15) is 28.1 Å². The third-order valence-corrected chi connectivity index (χ3v) is 6.20. The van der Waals surface area contributed by atoms with Crippen LogP contribution in [0.1, 0.15) is 18.4 Å². The molecule has 1 aliphatic rings. The summed E-state index contributed by atoms with van der Waals surface area (Å²) in [6, 6.07) is 11.3. The molecular weight excluding hydrogens is 585 g/mol. The molecule has 1 heterocycles. The van der Waals surface area contributed by atoms with E-state index < -0.39 is 54.7 Å². The highest BCUT2D eigenvalue weighted by Crippen LogP contribution is 2.48. The number of alkyl halides is 3. The fraction of sp³-hybridized carbons (Fsp3) is 0.280. The Kier molecular flexibility index (Phi) is 8.84. The minimum atomic E-state index is -4.62. The molecule has 222 valence electrons. The summed E-state index contributed by atoms with van der Waals surface area (Å²) in [6.07, 6.45) is -3.17. The third-order valence-electron chi connectivity index (χ3n) is 5.95. The molecule has 0 bridgehead atoms. The van der Waals surface area contributed by atoms with Crippen molar-refractivity contribution in [2.24, 2.45) is 5.73 Å². The Morgan fingerprint density at radius 2 is 1.62 bits per heavy atom. The van der Waals surface area contributed by atoms with Crippen LogP contribution in [0, 0.1) is 0 Å². The second kappa shape index (κ2) is 12.3. The van der Waals surface area contributed by atoms with Gasteiger partial charge in [-0.3, -0.25) is 9.59 Å². The van der Waals surface area contributed by atoms with E-state index in [1.807, 2.05) is 12.1 Å². The van der Waals surface area contributed by atoms with Crippen LogP contribution in [0.4, 0.5) is 36.4 Å². The summed E-state index contributed by atoms with van der Waals surface area (Å²) >= 11 is 5.99. The van der Waals surface area contributed by atoms with E-state index in [0.717, 1.165) is 18.4 Å². The largest absolute Gasteiger partial charge is 0.480 e. The van der Waals surface area contributed by atoms with Crippen molar-refractivity contribution in [3.63, 3.8) is 0 Å². The topological polar surface area (TPSA) is 193 Å². The summed E-state index contributed by atoms with van der Waals surface area (Å²) in [5, 5.41) is 20.8. The standard InChI is InChI=1S/C25H24ClF3N8O5/c26-14-3-1-13(2-4-14)24(9-10-24)37-22-34-21(35-23(36-22)42-12-25(27,28)29)33-16-7-5-15(6-8-16)32-17(20(40)41)11-31-19(39)18(30)38/h1-8,17,32H,9-12H2,(H2,30,38)(H,31,39)(H,40,41)(H2,33,34,35,36,37). The molecule has 1 aromatic heterocycles. The quantitative estimate of drug-likeness (QED) is 0.166. The van der Waals surface area contributed by atoms with E-state index in [4.69, 9.17) is 22.1 Å². The van der Waals surface area contributed by atoms with Crippen LogP contribution in [0.25, 0.3) is 0 Å². The van der Waals surface area contributed by atoms with Gasteiger partial charge in [0.1, 0.15) is 6.04 Å². The maximum absolute atomic E-state index is 12.8. The van der Waals surface area contributed by atoms with E-state index in [0.29, 0.717) is 16.4 Å². The van der Waals surface area contributed by atoms with Gasteiger partial charge >= 0.3 is 30.0 Å². The van der Waals surface area contributed by atoms with Crippen LogP contribution in [0.15, 0.2) is 48.5 Å². The number of aromatic nitrogens is 3. The average molecular weight is 609 g/mol. The summed E-state index contributed by atoms with van der Waals surface area (Å²) < 4.78 is 43.2. The summed E-state index contributed by atoms with van der Waals surface area (Å²) in [6.45, 7) is -2.03. The van der Waals surface area contributed by atoms with Gasteiger partial charge in [-0.05, 0) is 54.8 Å². The van der Waals surface area contributed by atoms with Crippen molar-refractivity contribution in [2.75, 3.05) is 29.1 Å². The summed E-state index contributed by atoms with van der Waals surface area (Å²) in [5.74, 6) is -3.82. The Labute approximate surface area is 241 Å². The summed E-state index contributed by atoms with van der Waals surface area (Å²) in [4.78, 5) is 45.9. The second-order valence-corrected chi connectivity index (χ2v) is 9.63. The van der Waals surface area contributed by atoms with Gasteiger partial charge in [0.05, 0.1) is 5.54 Å². The first-order chi connectivity index (χ1) is 19.8. The number of hydrogen-bond acceptors (Lipinski definition) is 10. The van der Waals surface area contributed by atoms with Crippen molar-refractivity contribution >= 4 is 52.7 Å². The number of anilines is 4. The Balaban J connectivity index is 1.49. The van der Waals surface area contributed by atoms with Gasteiger partial charge in [-0.15, -0.1) is 0 Å². The van der Waals surface area contributed by atoms with Crippen molar-refractivity contribution in [1.82, 2.24) is 20.3 Å². The van der Waals surface area contributed by atoms with Crippen molar-refractivity contribution in [3.05, 3.63) is 59.1 Å². The molecule has 0 aliphatic heterocycles. The van der Waals surface area contributed by atoms with Gasteiger partial charge in [0.2, 0.25) is 11.9 Å². The maximum Gasteiger partial charge on any atom is 0.422 e. The molecule has 3 aromatic rings. The number of halogens is 4. The van der Waals surface area contributed by atoms with Gasteiger partial charge in [0.15, 0.2) is 6.61 Å². The number of primary amides is 1. The summed E-state index contributed by atoms with van der Waals surface area (Å²) in [7, 11) is 0. The highest BCUT2D eigenvalue weighted by Gasteiger charge is 2.45. The molecule has 1 aliphatic carbocycles. The SMILES string of the molecule is NC(=O)C(=O)NCC(Nc1ccc(Nc2nc(NC3(c4ccc(Cl)cc4)CC3)nc(OCC(F)(F)F)n2)cc1)C(=O)O. The maximum atomic E-state index is 12.8. The average Bonchev–Trinajstić information content (AvgIpc) is 3.70. The lowest BCUT2D eigenvalue weighted by atomic mass is 10.1. The lowest BCUT2D eigenvalue weighted by molar-refractivity contribution is -0.154. The molecule has 0 saturated heterocycles.